The Morgan fingerprint density at radius 3 is 2.40 bits per heavy atom. The minimum absolute atomic E-state index is 0.0988. The third-order valence-corrected chi connectivity index (χ3v) is 6.25. The van der Waals surface area contributed by atoms with Gasteiger partial charge in [0.2, 0.25) is 0 Å². The molecule has 0 aromatic heterocycles. The Hall–Kier alpha value is -2.28. The number of fused-ring (bicyclic) bond motifs is 1. The van der Waals surface area contributed by atoms with Gasteiger partial charge in [0.05, 0.1) is 25.3 Å². The minimum atomic E-state index is -0.0988. The first-order valence-corrected chi connectivity index (χ1v) is 10.6. The van der Waals surface area contributed by atoms with E-state index in [0.717, 1.165) is 56.0 Å². The van der Waals surface area contributed by atoms with E-state index in [1.165, 1.54) is 0 Å². The molecule has 1 aliphatic heterocycles. The van der Waals surface area contributed by atoms with Crippen molar-refractivity contribution in [3.8, 4) is 17.2 Å². The SMILES string of the molecule is COc1cc2c(cc1OC)C(=O)C(N1CCN(CCOc3ccccc3Cl)CC1)C2. The second kappa shape index (κ2) is 9.25. The van der Waals surface area contributed by atoms with Crippen molar-refractivity contribution in [2.75, 3.05) is 53.6 Å². The van der Waals surface area contributed by atoms with E-state index in [1.807, 2.05) is 36.4 Å². The van der Waals surface area contributed by atoms with Gasteiger partial charge in [0.15, 0.2) is 17.3 Å². The van der Waals surface area contributed by atoms with Crippen molar-refractivity contribution in [2.45, 2.75) is 12.5 Å². The molecule has 0 saturated carbocycles. The topological polar surface area (TPSA) is 51.2 Å². The zero-order valence-electron chi connectivity index (χ0n) is 17.4. The lowest BCUT2D eigenvalue weighted by Crippen LogP contribution is -2.52. The average molecular weight is 431 g/mol. The van der Waals surface area contributed by atoms with Crippen molar-refractivity contribution in [1.29, 1.82) is 0 Å². The van der Waals surface area contributed by atoms with Gasteiger partial charge in [-0.25, -0.2) is 0 Å². The molecule has 2 aromatic carbocycles. The van der Waals surface area contributed by atoms with Crippen LogP contribution in [0.5, 0.6) is 17.2 Å². The second-order valence-electron chi connectivity index (χ2n) is 7.61. The summed E-state index contributed by atoms with van der Waals surface area (Å²) in [6.07, 6.45) is 0.726. The first-order valence-electron chi connectivity index (χ1n) is 10.2. The highest BCUT2D eigenvalue weighted by atomic mass is 35.5. The summed E-state index contributed by atoms with van der Waals surface area (Å²) in [7, 11) is 3.21. The number of halogens is 1. The summed E-state index contributed by atoms with van der Waals surface area (Å²) in [4.78, 5) is 17.7. The summed E-state index contributed by atoms with van der Waals surface area (Å²) in [6.45, 7) is 5.00. The van der Waals surface area contributed by atoms with Crippen molar-refractivity contribution in [1.82, 2.24) is 9.80 Å². The first kappa shape index (κ1) is 21.0. The third-order valence-electron chi connectivity index (χ3n) is 5.94. The number of rotatable bonds is 7. The standard InChI is InChI=1S/C23H27ClN2O4/c1-28-21-14-16-13-19(23(27)17(16)15-22(21)29-2)26-9-7-25(8-10-26)11-12-30-20-6-4-3-5-18(20)24/h3-6,14-15,19H,7-13H2,1-2H3. The fraction of sp³-hybridized carbons (Fsp3) is 0.435. The van der Waals surface area contributed by atoms with E-state index in [2.05, 4.69) is 9.80 Å². The number of hydrogen-bond donors (Lipinski definition) is 0. The van der Waals surface area contributed by atoms with Crippen molar-refractivity contribution in [3.63, 3.8) is 0 Å². The first-order chi connectivity index (χ1) is 14.6. The number of methoxy groups -OCH3 is 2. The number of nitrogens with zero attached hydrogens (tertiary/aromatic N) is 2. The van der Waals surface area contributed by atoms with Crippen molar-refractivity contribution >= 4 is 17.4 Å². The highest BCUT2D eigenvalue weighted by Gasteiger charge is 2.37. The summed E-state index contributed by atoms with van der Waals surface area (Å²) in [5, 5.41) is 0.634. The van der Waals surface area contributed by atoms with Crippen LogP contribution in [0.2, 0.25) is 5.02 Å². The van der Waals surface area contributed by atoms with E-state index in [9.17, 15) is 4.79 Å². The van der Waals surface area contributed by atoms with Gasteiger partial charge >= 0.3 is 0 Å². The molecule has 4 rings (SSSR count). The Morgan fingerprint density at radius 2 is 1.70 bits per heavy atom. The van der Waals surface area contributed by atoms with Crippen LogP contribution in [0, 0.1) is 0 Å². The van der Waals surface area contributed by atoms with Crippen LogP contribution in [0.1, 0.15) is 15.9 Å². The van der Waals surface area contributed by atoms with Gasteiger partial charge in [-0.05, 0) is 36.2 Å². The number of carbonyl (C=O) groups excluding carboxylic acids is 1. The molecule has 1 aliphatic carbocycles. The molecule has 0 amide bonds. The number of benzene rings is 2. The maximum atomic E-state index is 13.0. The lowest BCUT2D eigenvalue weighted by molar-refractivity contribution is 0.0667. The summed E-state index contributed by atoms with van der Waals surface area (Å²) in [5.74, 6) is 2.18. The van der Waals surface area contributed by atoms with Crippen LogP contribution in [0.3, 0.4) is 0 Å². The van der Waals surface area contributed by atoms with Crippen LogP contribution in [-0.2, 0) is 6.42 Å². The fourth-order valence-corrected chi connectivity index (χ4v) is 4.43. The predicted molar refractivity (Wildman–Crippen MR) is 116 cm³/mol. The average Bonchev–Trinajstić information content (AvgIpc) is 3.10. The van der Waals surface area contributed by atoms with Crippen LogP contribution >= 0.6 is 11.6 Å². The van der Waals surface area contributed by atoms with Crippen LogP contribution in [0.4, 0.5) is 0 Å². The molecule has 1 fully saturated rings. The number of para-hydroxylation sites is 1. The quantitative estimate of drug-likeness (QED) is 0.672. The molecule has 0 bridgehead atoms. The second-order valence-corrected chi connectivity index (χ2v) is 8.01. The van der Waals surface area contributed by atoms with E-state index in [0.29, 0.717) is 23.1 Å². The van der Waals surface area contributed by atoms with E-state index >= 15 is 0 Å². The fourth-order valence-electron chi connectivity index (χ4n) is 4.24. The Morgan fingerprint density at radius 1 is 1.00 bits per heavy atom. The van der Waals surface area contributed by atoms with Gasteiger partial charge in [-0.2, -0.15) is 0 Å². The van der Waals surface area contributed by atoms with Gasteiger partial charge < -0.3 is 14.2 Å². The van der Waals surface area contributed by atoms with Crippen LogP contribution < -0.4 is 14.2 Å². The minimum Gasteiger partial charge on any atom is -0.493 e. The molecular formula is C23H27ClN2O4. The normalized spacial score (nSPS) is 19.6. The number of hydrogen-bond acceptors (Lipinski definition) is 6. The predicted octanol–water partition coefficient (Wildman–Crippen LogP) is 3.16. The molecule has 6 nitrogen and oxygen atoms in total. The molecule has 0 radical (unpaired) electrons. The Balaban J connectivity index is 1.30. The van der Waals surface area contributed by atoms with Gasteiger partial charge in [0.25, 0.3) is 0 Å². The molecule has 1 unspecified atom stereocenters. The summed E-state index contributed by atoms with van der Waals surface area (Å²) < 4.78 is 16.6. The van der Waals surface area contributed by atoms with Crippen molar-refractivity contribution in [2.24, 2.45) is 0 Å². The number of piperazine rings is 1. The summed E-state index contributed by atoms with van der Waals surface area (Å²) >= 11 is 6.13. The zero-order chi connectivity index (χ0) is 21.1. The van der Waals surface area contributed by atoms with Gasteiger partial charge in [-0.1, -0.05) is 23.7 Å². The molecule has 30 heavy (non-hydrogen) atoms. The molecule has 1 atom stereocenters. The maximum absolute atomic E-state index is 13.0. The largest absolute Gasteiger partial charge is 0.493 e. The third kappa shape index (κ3) is 4.26. The molecular weight excluding hydrogens is 404 g/mol. The molecule has 2 aromatic rings. The van der Waals surface area contributed by atoms with Gasteiger partial charge in [-0.15, -0.1) is 0 Å². The smallest absolute Gasteiger partial charge is 0.180 e. The number of ether oxygens (including phenoxy) is 3. The maximum Gasteiger partial charge on any atom is 0.180 e. The number of Topliss-reactive ketones (excluding diaryl/α,β-unsaturated/α-hetero) is 1. The summed E-state index contributed by atoms with van der Waals surface area (Å²) in [6, 6.07) is 11.2. The molecule has 7 heteroatoms. The van der Waals surface area contributed by atoms with Gasteiger partial charge in [-0.3, -0.25) is 14.6 Å². The van der Waals surface area contributed by atoms with Crippen LogP contribution in [0.25, 0.3) is 0 Å². The molecule has 0 spiro atoms. The van der Waals surface area contributed by atoms with Gasteiger partial charge in [0, 0.05) is 38.3 Å². The number of ketones is 1. The number of carbonyl (C=O) groups is 1. The lowest BCUT2D eigenvalue weighted by Gasteiger charge is -2.37. The van der Waals surface area contributed by atoms with Crippen LogP contribution in [0.15, 0.2) is 36.4 Å². The van der Waals surface area contributed by atoms with E-state index in [1.54, 1.807) is 14.2 Å². The highest BCUT2D eigenvalue weighted by Crippen LogP contribution is 2.36. The molecule has 1 heterocycles. The van der Waals surface area contributed by atoms with E-state index < -0.39 is 0 Å². The molecule has 0 N–H and O–H groups in total. The van der Waals surface area contributed by atoms with Crippen LogP contribution in [-0.4, -0.2) is 75.2 Å². The lowest BCUT2D eigenvalue weighted by atomic mass is 10.1. The Bertz CT molecular complexity index is 912. The van der Waals surface area contributed by atoms with Crippen molar-refractivity contribution in [3.05, 3.63) is 52.5 Å². The molecule has 1 saturated heterocycles. The molecule has 160 valence electrons. The Labute approximate surface area is 182 Å². The zero-order valence-corrected chi connectivity index (χ0v) is 18.2. The summed E-state index contributed by atoms with van der Waals surface area (Å²) in [5.41, 5.74) is 1.80. The highest BCUT2D eigenvalue weighted by molar-refractivity contribution is 6.32. The monoisotopic (exact) mass is 430 g/mol. The Kier molecular flexibility index (Phi) is 6.46. The van der Waals surface area contributed by atoms with Gasteiger partial charge in [0.1, 0.15) is 12.4 Å². The molecule has 2 aliphatic rings. The van der Waals surface area contributed by atoms with Crippen molar-refractivity contribution < 1.29 is 19.0 Å². The van der Waals surface area contributed by atoms with E-state index in [-0.39, 0.29) is 11.8 Å². The van der Waals surface area contributed by atoms with E-state index in [4.69, 9.17) is 25.8 Å².